The fourth-order valence-electron chi connectivity index (χ4n) is 2.64. The highest BCUT2D eigenvalue weighted by molar-refractivity contribution is 5.97. The van der Waals surface area contributed by atoms with Gasteiger partial charge in [0.1, 0.15) is 5.75 Å². The lowest BCUT2D eigenvalue weighted by molar-refractivity contribution is -0.122. The van der Waals surface area contributed by atoms with Crippen molar-refractivity contribution in [1.82, 2.24) is 10.6 Å². The number of rotatable bonds is 3. The lowest BCUT2D eigenvalue weighted by atomic mass is 9.88. The molecule has 0 spiro atoms. The standard InChI is InChI=1S/C14H19N3O2/c1-8-14(18)17-11-5-9(3-4-12(11)19-8)13(15-2)10-6-16-7-10/h3-5,8,10,13,15-16H,6-7H2,1-2H3,(H,17,18). The van der Waals surface area contributed by atoms with Crippen LogP contribution in [0.4, 0.5) is 5.69 Å². The molecule has 1 aromatic rings. The Morgan fingerprint density at radius 1 is 1.42 bits per heavy atom. The van der Waals surface area contributed by atoms with Crippen LogP contribution in [0.2, 0.25) is 0 Å². The zero-order chi connectivity index (χ0) is 13.4. The third-order valence-corrected chi connectivity index (χ3v) is 3.89. The summed E-state index contributed by atoms with van der Waals surface area (Å²) in [6.45, 7) is 3.81. The van der Waals surface area contributed by atoms with Crippen LogP contribution in [-0.4, -0.2) is 32.1 Å². The Morgan fingerprint density at radius 2 is 2.21 bits per heavy atom. The van der Waals surface area contributed by atoms with E-state index >= 15 is 0 Å². The average molecular weight is 261 g/mol. The summed E-state index contributed by atoms with van der Waals surface area (Å²) in [7, 11) is 1.97. The van der Waals surface area contributed by atoms with E-state index in [-0.39, 0.29) is 5.91 Å². The number of carbonyl (C=O) groups is 1. The molecular weight excluding hydrogens is 242 g/mol. The summed E-state index contributed by atoms with van der Waals surface area (Å²) < 4.78 is 5.57. The molecule has 1 saturated heterocycles. The minimum absolute atomic E-state index is 0.0871. The van der Waals surface area contributed by atoms with Crippen molar-refractivity contribution in [3.8, 4) is 5.75 Å². The zero-order valence-corrected chi connectivity index (χ0v) is 11.2. The Bertz CT molecular complexity index is 499. The maximum atomic E-state index is 11.6. The topological polar surface area (TPSA) is 62.4 Å². The Labute approximate surface area is 112 Å². The van der Waals surface area contributed by atoms with Gasteiger partial charge >= 0.3 is 0 Å². The highest BCUT2D eigenvalue weighted by Gasteiger charge is 2.29. The molecule has 19 heavy (non-hydrogen) atoms. The predicted octanol–water partition coefficient (Wildman–Crippen LogP) is 0.886. The van der Waals surface area contributed by atoms with Crippen LogP contribution in [0.25, 0.3) is 0 Å². The van der Waals surface area contributed by atoms with E-state index in [4.69, 9.17) is 4.74 Å². The second kappa shape index (κ2) is 4.83. The molecule has 0 aliphatic carbocycles. The van der Waals surface area contributed by atoms with E-state index in [1.807, 2.05) is 19.2 Å². The molecule has 0 saturated carbocycles. The molecule has 0 radical (unpaired) electrons. The first-order valence-corrected chi connectivity index (χ1v) is 6.68. The van der Waals surface area contributed by atoms with Gasteiger partial charge in [0, 0.05) is 25.0 Å². The number of nitrogens with one attached hydrogen (secondary N) is 3. The third kappa shape index (κ3) is 2.19. The molecule has 1 amide bonds. The lowest BCUT2D eigenvalue weighted by Gasteiger charge is -2.35. The van der Waals surface area contributed by atoms with Gasteiger partial charge in [0.15, 0.2) is 6.10 Å². The maximum Gasteiger partial charge on any atom is 0.265 e. The second-order valence-corrected chi connectivity index (χ2v) is 5.19. The molecule has 2 heterocycles. The largest absolute Gasteiger partial charge is 0.479 e. The van der Waals surface area contributed by atoms with Crippen molar-refractivity contribution in [2.24, 2.45) is 5.92 Å². The van der Waals surface area contributed by atoms with E-state index in [1.54, 1.807) is 6.92 Å². The lowest BCUT2D eigenvalue weighted by Crippen LogP contribution is -2.48. The van der Waals surface area contributed by atoms with Gasteiger partial charge in [0.2, 0.25) is 0 Å². The summed E-state index contributed by atoms with van der Waals surface area (Å²) >= 11 is 0. The minimum Gasteiger partial charge on any atom is -0.479 e. The van der Waals surface area contributed by atoms with Gasteiger partial charge in [-0.25, -0.2) is 0 Å². The number of amides is 1. The Morgan fingerprint density at radius 3 is 2.84 bits per heavy atom. The Hall–Kier alpha value is -1.59. The first-order valence-electron chi connectivity index (χ1n) is 6.68. The SMILES string of the molecule is CNC(c1ccc2c(c1)NC(=O)C(C)O2)C1CNC1. The van der Waals surface area contributed by atoms with Crippen LogP contribution in [0.3, 0.4) is 0 Å². The van der Waals surface area contributed by atoms with E-state index < -0.39 is 6.10 Å². The Balaban J connectivity index is 1.88. The molecule has 0 bridgehead atoms. The van der Waals surface area contributed by atoms with Crippen LogP contribution in [0.15, 0.2) is 18.2 Å². The number of ether oxygens (including phenoxy) is 1. The van der Waals surface area contributed by atoms with Gasteiger partial charge in [-0.05, 0) is 31.7 Å². The molecule has 1 fully saturated rings. The molecule has 3 N–H and O–H groups in total. The zero-order valence-electron chi connectivity index (χ0n) is 11.2. The van der Waals surface area contributed by atoms with Gasteiger partial charge < -0.3 is 20.7 Å². The molecular formula is C14H19N3O2. The van der Waals surface area contributed by atoms with Gasteiger partial charge in [-0.15, -0.1) is 0 Å². The van der Waals surface area contributed by atoms with Gasteiger partial charge in [-0.3, -0.25) is 4.79 Å². The van der Waals surface area contributed by atoms with Crippen molar-refractivity contribution in [3.05, 3.63) is 23.8 Å². The molecule has 2 atom stereocenters. The third-order valence-electron chi connectivity index (χ3n) is 3.89. The van der Waals surface area contributed by atoms with Crippen LogP contribution >= 0.6 is 0 Å². The van der Waals surface area contributed by atoms with Crippen molar-refractivity contribution < 1.29 is 9.53 Å². The molecule has 102 valence electrons. The fourth-order valence-corrected chi connectivity index (χ4v) is 2.64. The number of anilines is 1. The van der Waals surface area contributed by atoms with Crippen molar-refractivity contribution in [1.29, 1.82) is 0 Å². The monoisotopic (exact) mass is 261 g/mol. The minimum atomic E-state index is -0.422. The number of carbonyl (C=O) groups excluding carboxylic acids is 1. The van der Waals surface area contributed by atoms with Crippen LogP contribution < -0.4 is 20.7 Å². The highest BCUT2D eigenvalue weighted by Crippen LogP contribution is 2.34. The van der Waals surface area contributed by atoms with Crippen LogP contribution in [0.1, 0.15) is 18.5 Å². The summed E-state index contributed by atoms with van der Waals surface area (Å²) in [6.07, 6.45) is -0.422. The summed E-state index contributed by atoms with van der Waals surface area (Å²) in [5.74, 6) is 1.26. The van der Waals surface area contributed by atoms with Crippen LogP contribution in [0, 0.1) is 5.92 Å². The smallest absolute Gasteiger partial charge is 0.265 e. The molecule has 2 aliphatic rings. The van der Waals surface area contributed by atoms with Crippen molar-refractivity contribution >= 4 is 11.6 Å². The van der Waals surface area contributed by atoms with Gasteiger partial charge in [0.05, 0.1) is 5.69 Å². The van der Waals surface area contributed by atoms with E-state index in [2.05, 4.69) is 22.0 Å². The van der Waals surface area contributed by atoms with Crippen molar-refractivity contribution in [2.45, 2.75) is 19.1 Å². The average Bonchev–Trinajstić information content (AvgIpc) is 2.34. The van der Waals surface area contributed by atoms with E-state index in [1.165, 1.54) is 5.56 Å². The highest BCUT2D eigenvalue weighted by atomic mass is 16.5. The first-order chi connectivity index (χ1) is 9.19. The van der Waals surface area contributed by atoms with E-state index in [0.717, 1.165) is 24.5 Å². The summed E-state index contributed by atoms with van der Waals surface area (Å²) in [4.78, 5) is 11.6. The number of hydrogen-bond donors (Lipinski definition) is 3. The summed E-state index contributed by atoms with van der Waals surface area (Å²) in [5, 5.41) is 9.54. The molecule has 2 unspecified atom stereocenters. The fraction of sp³-hybridized carbons (Fsp3) is 0.500. The maximum absolute atomic E-state index is 11.6. The molecule has 5 nitrogen and oxygen atoms in total. The quantitative estimate of drug-likeness (QED) is 0.756. The van der Waals surface area contributed by atoms with Crippen molar-refractivity contribution in [3.63, 3.8) is 0 Å². The number of fused-ring (bicyclic) bond motifs is 1. The molecule has 1 aromatic carbocycles. The number of benzene rings is 1. The van der Waals surface area contributed by atoms with Crippen LogP contribution in [-0.2, 0) is 4.79 Å². The van der Waals surface area contributed by atoms with E-state index in [0.29, 0.717) is 12.0 Å². The predicted molar refractivity (Wildman–Crippen MR) is 73.3 cm³/mol. The van der Waals surface area contributed by atoms with Crippen LogP contribution in [0.5, 0.6) is 5.75 Å². The van der Waals surface area contributed by atoms with E-state index in [9.17, 15) is 4.79 Å². The molecule has 5 heteroatoms. The second-order valence-electron chi connectivity index (χ2n) is 5.19. The van der Waals surface area contributed by atoms with Gasteiger partial charge in [-0.2, -0.15) is 0 Å². The Kier molecular flexibility index (Phi) is 3.16. The normalized spacial score (nSPS) is 23.9. The summed E-state index contributed by atoms with van der Waals surface area (Å²) in [6, 6.07) is 6.33. The van der Waals surface area contributed by atoms with Gasteiger partial charge in [-0.1, -0.05) is 6.07 Å². The molecule has 0 aromatic heterocycles. The number of hydrogen-bond acceptors (Lipinski definition) is 4. The van der Waals surface area contributed by atoms with Gasteiger partial charge in [0.25, 0.3) is 5.91 Å². The summed E-state index contributed by atoms with van der Waals surface area (Å²) in [5.41, 5.74) is 1.96. The molecule has 2 aliphatic heterocycles. The first kappa shape index (κ1) is 12.4. The van der Waals surface area contributed by atoms with Crippen molar-refractivity contribution in [2.75, 3.05) is 25.5 Å². The molecule has 3 rings (SSSR count).